The Bertz CT molecular complexity index is 6380. The molecular formula is C64H50CoN18Na5O22S6+. The summed E-state index contributed by atoms with van der Waals surface area (Å²) in [7, 11) is -26.3. The van der Waals surface area contributed by atoms with Crippen LogP contribution in [-0.2, 0) is 77.3 Å². The van der Waals surface area contributed by atoms with Crippen LogP contribution in [0.1, 0.15) is 22.8 Å². The minimum atomic E-state index is -4.46. The number of hydrogen-bond acceptors (Lipinski definition) is 30. The van der Waals surface area contributed by atoms with Gasteiger partial charge < -0.3 is 49.8 Å². The number of sulfonamides is 2. The minimum Gasteiger partial charge on any atom is -0.506 e. The molecule has 8 N–H and O–H groups in total. The summed E-state index contributed by atoms with van der Waals surface area (Å²) in [4.78, 5) is 49.8. The first-order valence-corrected chi connectivity index (χ1v) is 39.3. The van der Waals surface area contributed by atoms with Gasteiger partial charge in [0.1, 0.15) is 45.1 Å². The number of benzene rings is 8. The number of aromatic nitrogens is 8. The molecule has 0 aliphatic carbocycles. The number of aromatic hydroxyl groups is 2. The number of hydrogen-bond donors (Lipinski definition) is 8. The fourth-order valence-electron chi connectivity index (χ4n) is 9.73. The quantitative estimate of drug-likeness (QED) is 0.0136. The van der Waals surface area contributed by atoms with E-state index in [2.05, 4.69) is 70.8 Å². The molecule has 0 aliphatic heterocycles. The maximum atomic E-state index is 13.2. The van der Waals surface area contributed by atoms with Crippen LogP contribution in [-0.4, -0.2) is 118 Å². The van der Waals surface area contributed by atoms with Crippen molar-refractivity contribution >= 4 is 117 Å². The molecule has 0 spiro atoms. The molecule has 1 radical (unpaired) electrons. The van der Waals surface area contributed by atoms with Crippen molar-refractivity contribution in [2.45, 2.75) is 57.1 Å². The molecule has 0 aliphatic rings. The molecular weight excluding hydrogens is 1740 g/mol. The van der Waals surface area contributed by atoms with Crippen LogP contribution in [0.25, 0.3) is 22.7 Å². The van der Waals surface area contributed by atoms with Crippen LogP contribution in [0.2, 0.25) is 0 Å². The van der Waals surface area contributed by atoms with E-state index in [-0.39, 0.29) is 287 Å². The van der Waals surface area contributed by atoms with Gasteiger partial charge >= 0.3 is 148 Å². The smallest absolute Gasteiger partial charge is 0.506 e. The van der Waals surface area contributed by atoms with E-state index in [1.54, 1.807) is 0 Å². The normalized spacial score (nSPS) is 11.9. The zero-order valence-electron chi connectivity index (χ0n) is 61.5. The molecule has 52 heteroatoms. The molecule has 40 nitrogen and oxygen atoms in total. The predicted octanol–water partition coefficient (Wildman–Crippen LogP) is -5.66. The molecule has 0 saturated heterocycles. The van der Waals surface area contributed by atoms with Gasteiger partial charge in [-0.25, -0.2) is 56.0 Å². The summed E-state index contributed by atoms with van der Waals surface area (Å²) in [5.41, 5.74) is -1.97. The summed E-state index contributed by atoms with van der Waals surface area (Å²) < 4.78 is 189. The van der Waals surface area contributed by atoms with E-state index in [0.717, 1.165) is 104 Å². The van der Waals surface area contributed by atoms with Crippen LogP contribution in [0.4, 0.5) is 56.9 Å². The van der Waals surface area contributed by atoms with E-state index in [9.17, 15) is 98.1 Å². The SMILES string of the molecule is Cc1nn(-c2ccc(S(=O)(=O)O)cc2)c(=O)[c-]1N=Nc1ccc(NS(=O)(=O)c2ccc(O)c(N=N[c-]3c(C)nn(-c4ccc(S(=O)(=O)O)cc4)c3=O)c2)cc1.Cc1nn(-c2ccc(S(=O)(=O)O)cc2)c(=O)[c-]1N=Nc1ccc(NS(=O)(=O)c2ccc(O)c(N=N[c-]3c(C)nn(-c4ccc(S(=O)(=O)O)cc4)c3=O)c2)cc1.[Co].[Na+].[Na+].[Na+].[Na+].[Na+]. The Morgan fingerprint density at radius 2 is 0.517 bits per heavy atom. The summed E-state index contributed by atoms with van der Waals surface area (Å²) in [5, 5.41) is 68.7. The van der Waals surface area contributed by atoms with Crippen molar-refractivity contribution < 1.29 is 243 Å². The zero-order valence-corrected chi connectivity index (χ0v) is 77.4. The van der Waals surface area contributed by atoms with Gasteiger partial charge in [-0.2, -0.15) is 54.1 Å². The maximum Gasteiger partial charge on any atom is 1.00 e. The average Bonchev–Trinajstić information content (AvgIpc) is 1.48. The summed E-state index contributed by atoms with van der Waals surface area (Å²) in [6.07, 6.45) is 0. The van der Waals surface area contributed by atoms with Crippen molar-refractivity contribution in [3.05, 3.63) is 246 Å². The Morgan fingerprint density at radius 3 is 0.733 bits per heavy atom. The summed E-state index contributed by atoms with van der Waals surface area (Å²) in [5.74, 6) is -0.902. The zero-order chi connectivity index (χ0) is 79.7. The summed E-state index contributed by atoms with van der Waals surface area (Å²) >= 11 is 0. The van der Waals surface area contributed by atoms with E-state index in [0.29, 0.717) is 0 Å². The fourth-order valence-corrected chi connectivity index (χ4v) is 13.8. The van der Waals surface area contributed by atoms with Crippen LogP contribution in [0.15, 0.2) is 271 Å². The van der Waals surface area contributed by atoms with Crippen LogP contribution in [0.3, 0.4) is 0 Å². The number of phenols is 2. The predicted molar refractivity (Wildman–Crippen MR) is 387 cm³/mol. The van der Waals surface area contributed by atoms with Crippen LogP contribution in [0.5, 0.6) is 11.5 Å². The van der Waals surface area contributed by atoms with Crippen molar-refractivity contribution in [2.24, 2.45) is 40.9 Å². The second-order valence-corrected chi connectivity index (χ2v) is 31.9. The van der Waals surface area contributed by atoms with Gasteiger partial charge in [0, 0.05) is 28.2 Å². The van der Waals surface area contributed by atoms with Crippen molar-refractivity contribution in [3.63, 3.8) is 0 Å². The second kappa shape index (κ2) is 40.0. The van der Waals surface area contributed by atoms with Gasteiger partial charge in [-0.15, -0.1) is 22.7 Å². The Kier molecular flexibility index (Phi) is 34.1. The number of aryl methyl sites for hydroxylation is 4. The molecule has 0 saturated carbocycles. The number of phenolic OH excluding ortho intramolecular Hbond substituents is 2. The van der Waals surface area contributed by atoms with Crippen LogP contribution in [0, 0.1) is 27.7 Å². The van der Waals surface area contributed by atoms with E-state index < -0.39 is 104 Å². The topological polar surface area (TPSA) is 589 Å². The average molecular weight is 1790 g/mol. The molecule has 0 fully saturated rings. The minimum absolute atomic E-state index is 0. The third-order valence-electron chi connectivity index (χ3n) is 15.3. The second-order valence-electron chi connectivity index (χ2n) is 22.9. The molecule has 12 rings (SSSR count). The third kappa shape index (κ3) is 23.5. The maximum absolute atomic E-state index is 13.2. The van der Waals surface area contributed by atoms with Crippen molar-refractivity contribution in [3.8, 4) is 34.2 Å². The van der Waals surface area contributed by atoms with Gasteiger partial charge in [0.05, 0.1) is 63.5 Å². The molecule has 0 amide bonds. The largest absolute Gasteiger partial charge is 1.00 e. The molecule has 8 aromatic carbocycles. The van der Waals surface area contributed by atoms with Crippen molar-refractivity contribution in [1.29, 1.82) is 0 Å². The third-order valence-corrected chi connectivity index (χ3v) is 21.5. The Hall–Kier alpha value is -7.55. The number of anilines is 2. The standard InChI is InChI=1S/2C32H25N9O11S3.Co.5Na/c2*1-18-29(31(43)40(37-18)22-7-11-24(12-8-22)54(47,48)49)35-33-20-3-5-21(6-4-20)39-53(45,46)26-15-16-28(42)27(17-26)34-36-30-19(2)38-41(32(30)44)23-9-13-25(14-10-23)55(50,51)52;;;;;;/h2*3-17,39,42H,1-2H3,(H,47,48,49)(H,50,51,52);;;;;;/q2*-2;;5*+1. The number of rotatable bonds is 22. The molecule has 0 unspecified atom stereocenters. The van der Waals surface area contributed by atoms with Crippen molar-refractivity contribution in [1.82, 2.24) is 39.1 Å². The van der Waals surface area contributed by atoms with Gasteiger partial charge in [0.2, 0.25) is 0 Å². The molecule has 12 aromatic rings. The molecule has 4 aromatic heterocycles. The van der Waals surface area contributed by atoms with Gasteiger partial charge in [-0.05, 0) is 182 Å². The monoisotopic (exact) mass is 1790 g/mol. The Labute approximate surface area is 777 Å². The molecule has 4 heterocycles. The first-order valence-electron chi connectivity index (χ1n) is 30.6. The van der Waals surface area contributed by atoms with Gasteiger partial charge in [0.25, 0.3) is 60.5 Å². The van der Waals surface area contributed by atoms with Crippen LogP contribution < -0.4 is 179 Å². The molecule has 116 heavy (non-hydrogen) atoms. The molecule has 0 bridgehead atoms. The first kappa shape index (κ1) is 99.0. The van der Waals surface area contributed by atoms with E-state index in [1.165, 1.54) is 125 Å². The Balaban J connectivity index is 0.000000393. The summed E-state index contributed by atoms with van der Waals surface area (Å²) in [6, 6.07) is 36.5. The molecule has 0 atom stereocenters. The number of nitrogens with one attached hydrogen (secondary N) is 2. The van der Waals surface area contributed by atoms with Gasteiger partial charge in [-0.1, -0.05) is 50.5 Å². The van der Waals surface area contributed by atoms with Gasteiger partial charge in [0.15, 0.2) is 0 Å². The summed E-state index contributed by atoms with van der Waals surface area (Å²) in [6.45, 7) is 5.93. The fraction of sp³-hybridized carbons (Fsp3) is 0.0625. The van der Waals surface area contributed by atoms with Crippen LogP contribution >= 0.6 is 0 Å². The first-order chi connectivity index (χ1) is 51.6. The molecule has 577 valence electrons. The van der Waals surface area contributed by atoms with E-state index in [1.807, 2.05) is 0 Å². The van der Waals surface area contributed by atoms with E-state index in [4.69, 9.17) is 0 Å². The van der Waals surface area contributed by atoms with Gasteiger partial charge in [-0.3, -0.25) is 27.7 Å². The Morgan fingerprint density at radius 1 is 0.310 bits per heavy atom. The number of azo groups is 4. The number of nitrogens with zero attached hydrogens (tertiary/aromatic N) is 16. The van der Waals surface area contributed by atoms with E-state index >= 15 is 0 Å². The van der Waals surface area contributed by atoms with Crippen molar-refractivity contribution in [2.75, 3.05) is 9.44 Å².